The van der Waals surface area contributed by atoms with Crippen molar-refractivity contribution < 1.29 is 0 Å². The molecule has 1 saturated carbocycles. The van der Waals surface area contributed by atoms with Crippen LogP contribution in [0.5, 0.6) is 0 Å². The average Bonchev–Trinajstić information content (AvgIpc) is 2.24. The van der Waals surface area contributed by atoms with Gasteiger partial charge in [-0.2, -0.15) is 0 Å². The van der Waals surface area contributed by atoms with Crippen LogP contribution in [-0.2, 0) is 0 Å². The highest BCUT2D eigenvalue weighted by Crippen LogP contribution is 2.58. The third-order valence-electron chi connectivity index (χ3n) is 4.86. The van der Waals surface area contributed by atoms with Crippen LogP contribution in [0.25, 0.3) is 0 Å². The monoisotopic (exact) mass is 196 g/mol. The highest BCUT2D eigenvalue weighted by atomic mass is 14.5. The van der Waals surface area contributed by atoms with Gasteiger partial charge >= 0.3 is 0 Å². The molecular formula is C14H28. The molecule has 0 nitrogen and oxygen atoms in total. The zero-order valence-electron chi connectivity index (χ0n) is 11.0. The summed E-state index contributed by atoms with van der Waals surface area (Å²) in [5.74, 6) is 1.83. The summed E-state index contributed by atoms with van der Waals surface area (Å²) in [5, 5.41) is 0. The second-order valence-electron chi connectivity index (χ2n) is 6.61. The predicted octanol–water partition coefficient (Wildman–Crippen LogP) is 4.89. The summed E-state index contributed by atoms with van der Waals surface area (Å²) < 4.78 is 0. The molecule has 1 fully saturated rings. The van der Waals surface area contributed by atoms with Crippen LogP contribution >= 0.6 is 0 Å². The highest BCUT2D eigenvalue weighted by molar-refractivity contribution is 4.98. The topological polar surface area (TPSA) is 0 Å². The summed E-state index contributed by atoms with van der Waals surface area (Å²) in [5.41, 5.74) is 1.15. The largest absolute Gasteiger partial charge is 0.0654 e. The molecule has 0 saturated heterocycles. The molecule has 0 bridgehead atoms. The first-order valence-electron chi connectivity index (χ1n) is 6.32. The van der Waals surface area contributed by atoms with Crippen molar-refractivity contribution in [2.45, 2.75) is 67.2 Å². The zero-order valence-corrected chi connectivity index (χ0v) is 11.0. The van der Waals surface area contributed by atoms with E-state index in [0.29, 0.717) is 10.8 Å². The van der Waals surface area contributed by atoms with Gasteiger partial charge in [-0.1, -0.05) is 48.0 Å². The van der Waals surface area contributed by atoms with Gasteiger partial charge in [0.15, 0.2) is 0 Å². The predicted molar refractivity (Wildman–Crippen MR) is 64.4 cm³/mol. The molecule has 0 N–H and O–H groups in total. The van der Waals surface area contributed by atoms with Crippen molar-refractivity contribution >= 4 is 0 Å². The lowest BCUT2D eigenvalue weighted by molar-refractivity contribution is 0.118. The van der Waals surface area contributed by atoms with Gasteiger partial charge in [0.25, 0.3) is 0 Å². The number of hydrogen-bond donors (Lipinski definition) is 0. The summed E-state index contributed by atoms with van der Waals surface area (Å²) in [6.45, 7) is 14.6. The van der Waals surface area contributed by atoms with Crippen LogP contribution in [0.2, 0.25) is 0 Å². The van der Waals surface area contributed by atoms with Gasteiger partial charge in [0, 0.05) is 0 Å². The van der Waals surface area contributed by atoms with E-state index in [9.17, 15) is 0 Å². The van der Waals surface area contributed by atoms with Crippen molar-refractivity contribution in [2.75, 3.05) is 0 Å². The SMILES string of the molecule is CCCC1(C)CC(C(C)C)CC1(C)C. The number of rotatable bonds is 3. The van der Waals surface area contributed by atoms with E-state index in [1.54, 1.807) is 0 Å². The average molecular weight is 196 g/mol. The van der Waals surface area contributed by atoms with Crippen molar-refractivity contribution in [3.63, 3.8) is 0 Å². The first-order chi connectivity index (χ1) is 6.32. The molecule has 0 heteroatoms. The molecule has 2 unspecified atom stereocenters. The Balaban J connectivity index is 2.77. The first-order valence-corrected chi connectivity index (χ1v) is 6.32. The van der Waals surface area contributed by atoms with Crippen molar-refractivity contribution in [2.24, 2.45) is 22.7 Å². The molecule has 2 atom stereocenters. The fourth-order valence-electron chi connectivity index (χ4n) is 3.29. The Kier molecular flexibility index (Phi) is 3.33. The maximum atomic E-state index is 2.51. The molecule has 0 radical (unpaired) electrons. The van der Waals surface area contributed by atoms with Crippen LogP contribution in [0, 0.1) is 22.7 Å². The molecule has 84 valence electrons. The van der Waals surface area contributed by atoms with Crippen molar-refractivity contribution in [3.8, 4) is 0 Å². The molecule has 0 aromatic carbocycles. The zero-order chi connectivity index (χ0) is 11.0. The fraction of sp³-hybridized carbons (Fsp3) is 1.00. The van der Waals surface area contributed by atoms with E-state index in [2.05, 4.69) is 41.5 Å². The summed E-state index contributed by atoms with van der Waals surface area (Å²) in [4.78, 5) is 0. The molecule has 14 heavy (non-hydrogen) atoms. The third kappa shape index (κ3) is 1.99. The van der Waals surface area contributed by atoms with Crippen molar-refractivity contribution in [1.29, 1.82) is 0 Å². The molecule has 0 aromatic rings. The smallest absolute Gasteiger partial charge is 0.0272 e. The third-order valence-corrected chi connectivity index (χ3v) is 4.86. The molecule has 0 amide bonds. The second-order valence-corrected chi connectivity index (χ2v) is 6.61. The Morgan fingerprint density at radius 3 is 2.07 bits per heavy atom. The first kappa shape index (κ1) is 12.1. The summed E-state index contributed by atoms with van der Waals surface area (Å²) in [6.07, 6.45) is 5.63. The lowest BCUT2D eigenvalue weighted by Crippen LogP contribution is -2.29. The van der Waals surface area contributed by atoms with E-state index in [0.717, 1.165) is 11.8 Å². The van der Waals surface area contributed by atoms with Gasteiger partial charge in [-0.15, -0.1) is 0 Å². The Hall–Kier alpha value is 0. The summed E-state index contributed by atoms with van der Waals surface area (Å²) in [7, 11) is 0. The van der Waals surface area contributed by atoms with Gasteiger partial charge in [0.1, 0.15) is 0 Å². The molecule has 0 heterocycles. The van der Waals surface area contributed by atoms with Crippen molar-refractivity contribution in [3.05, 3.63) is 0 Å². The Morgan fingerprint density at radius 1 is 1.14 bits per heavy atom. The van der Waals surface area contributed by atoms with Crippen LogP contribution < -0.4 is 0 Å². The maximum Gasteiger partial charge on any atom is -0.0272 e. The van der Waals surface area contributed by atoms with E-state index in [4.69, 9.17) is 0 Å². The molecule has 0 aliphatic heterocycles. The Labute approximate surface area is 90.5 Å². The minimum Gasteiger partial charge on any atom is -0.0654 e. The lowest BCUT2D eigenvalue weighted by Gasteiger charge is -2.38. The standard InChI is InChI=1S/C14H28/c1-7-8-14(6)10-12(11(2)3)9-13(14,4)5/h11-12H,7-10H2,1-6H3. The lowest BCUT2D eigenvalue weighted by atomic mass is 9.67. The molecular weight excluding hydrogens is 168 g/mol. The summed E-state index contributed by atoms with van der Waals surface area (Å²) >= 11 is 0. The van der Waals surface area contributed by atoms with Gasteiger partial charge in [-0.25, -0.2) is 0 Å². The van der Waals surface area contributed by atoms with Gasteiger partial charge < -0.3 is 0 Å². The highest BCUT2D eigenvalue weighted by Gasteiger charge is 2.48. The maximum absolute atomic E-state index is 2.51. The molecule has 1 aliphatic rings. The minimum absolute atomic E-state index is 0.554. The van der Waals surface area contributed by atoms with Crippen LogP contribution in [0.4, 0.5) is 0 Å². The van der Waals surface area contributed by atoms with E-state index in [1.807, 2.05) is 0 Å². The Bertz CT molecular complexity index is 190. The molecule has 1 rings (SSSR count). The van der Waals surface area contributed by atoms with Gasteiger partial charge in [-0.3, -0.25) is 0 Å². The molecule has 0 spiro atoms. The molecule has 1 aliphatic carbocycles. The molecule has 0 aromatic heterocycles. The normalized spacial score (nSPS) is 36.6. The van der Waals surface area contributed by atoms with Crippen LogP contribution in [0.3, 0.4) is 0 Å². The van der Waals surface area contributed by atoms with Crippen LogP contribution in [0.1, 0.15) is 67.2 Å². The Morgan fingerprint density at radius 2 is 1.71 bits per heavy atom. The minimum atomic E-state index is 0.554. The number of hydrogen-bond acceptors (Lipinski definition) is 0. The van der Waals surface area contributed by atoms with Gasteiger partial charge in [0.05, 0.1) is 0 Å². The van der Waals surface area contributed by atoms with E-state index in [1.165, 1.54) is 25.7 Å². The van der Waals surface area contributed by atoms with Gasteiger partial charge in [0.2, 0.25) is 0 Å². The van der Waals surface area contributed by atoms with Gasteiger partial charge in [-0.05, 0) is 41.9 Å². The van der Waals surface area contributed by atoms with Crippen LogP contribution in [-0.4, -0.2) is 0 Å². The van der Waals surface area contributed by atoms with E-state index >= 15 is 0 Å². The van der Waals surface area contributed by atoms with Crippen LogP contribution in [0.15, 0.2) is 0 Å². The fourth-order valence-corrected chi connectivity index (χ4v) is 3.29. The second kappa shape index (κ2) is 3.87. The van der Waals surface area contributed by atoms with E-state index in [-0.39, 0.29) is 0 Å². The van der Waals surface area contributed by atoms with E-state index < -0.39 is 0 Å². The van der Waals surface area contributed by atoms with Crippen molar-refractivity contribution in [1.82, 2.24) is 0 Å². The summed E-state index contributed by atoms with van der Waals surface area (Å²) in [6, 6.07) is 0. The quantitative estimate of drug-likeness (QED) is 0.603.